The number of fused-ring (bicyclic) bond motifs is 1. The van der Waals surface area contributed by atoms with Crippen molar-refractivity contribution in [1.82, 2.24) is 30.1 Å². The molecule has 0 amide bonds. The molecule has 0 bridgehead atoms. The molecule has 0 fully saturated rings. The van der Waals surface area contributed by atoms with Crippen molar-refractivity contribution >= 4 is 16.7 Å². The fourth-order valence-electron chi connectivity index (χ4n) is 3.38. The number of aryl methyl sites for hydroxylation is 1. The van der Waals surface area contributed by atoms with Gasteiger partial charge in [0.1, 0.15) is 17.7 Å². The van der Waals surface area contributed by atoms with Crippen molar-refractivity contribution in [1.29, 1.82) is 0 Å². The fourth-order valence-corrected chi connectivity index (χ4v) is 3.38. The second-order valence-electron chi connectivity index (χ2n) is 6.92. The van der Waals surface area contributed by atoms with E-state index < -0.39 is 0 Å². The van der Waals surface area contributed by atoms with E-state index in [2.05, 4.69) is 37.6 Å². The normalized spacial score (nSPS) is 12.0. The van der Waals surface area contributed by atoms with E-state index in [1.807, 2.05) is 61.5 Å². The van der Waals surface area contributed by atoms with Crippen molar-refractivity contribution in [3.63, 3.8) is 0 Å². The predicted molar refractivity (Wildman–Crippen MR) is 116 cm³/mol. The summed E-state index contributed by atoms with van der Waals surface area (Å²) < 4.78 is 0. The van der Waals surface area contributed by atoms with Crippen LogP contribution >= 0.6 is 0 Å². The molecule has 146 valence electrons. The van der Waals surface area contributed by atoms with Gasteiger partial charge in [0, 0.05) is 23.3 Å². The van der Waals surface area contributed by atoms with Gasteiger partial charge in [-0.05, 0) is 36.8 Å². The van der Waals surface area contributed by atoms with Crippen LogP contribution in [-0.4, -0.2) is 30.1 Å². The molecule has 5 rings (SSSR count). The Bertz CT molecular complexity index is 1280. The summed E-state index contributed by atoms with van der Waals surface area (Å²) in [5.41, 5.74) is 2.81. The highest BCUT2D eigenvalue weighted by atomic mass is 15.2. The average molecular weight is 393 g/mol. The number of benzene rings is 2. The number of para-hydroxylation sites is 1. The molecular weight excluding hydrogens is 374 g/mol. The van der Waals surface area contributed by atoms with E-state index in [-0.39, 0.29) is 6.04 Å². The quantitative estimate of drug-likeness (QED) is 0.462. The Balaban J connectivity index is 1.65. The SMILES string of the molecule is Cc1nc(C(Nc2nc(-c3ccncc3)nc3ccccc23)c2ccccc2)n[nH]1. The Morgan fingerprint density at radius 2 is 1.60 bits per heavy atom. The van der Waals surface area contributed by atoms with Gasteiger partial charge in [0.15, 0.2) is 11.6 Å². The summed E-state index contributed by atoms with van der Waals surface area (Å²) in [5, 5.41) is 11.8. The molecule has 7 heteroatoms. The van der Waals surface area contributed by atoms with Crippen molar-refractivity contribution in [2.75, 3.05) is 5.32 Å². The maximum atomic E-state index is 4.85. The molecule has 0 saturated carbocycles. The van der Waals surface area contributed by atoms with Gasteiger partial charge >= 0.3 is 0 Å². The standard InChI is InChI=1S/C23H19N7/c1-15-25-23(30-29-15)20(16-7-3-2-4-8-16)27-22-18-9-5-6-10-19(18)26-21(28-22)17-11-13-24-14-12-17/h2-14,20H,1H3,(H,25,29,30)(H,26,27,28). The Morgan fingerprint density at radius 3 is 2.37 bits per heavy atom. The van der Waals surface area contributed by atoms with Crippen molar-refractivity contribution in [2.45, 2.75) is 13.0 Å². The Kier molecular flexibility index (Phi) is 4.61. The first-order chi connectivity index (χ1) is 14.8. The first kappa shape index (κ1) is 17.9. The van der Waals surface area contributed by atoms with Gasteiger partial charge in [-0.3, -0.25) is 10.1 Å². The van der Waals surface area contributed by atoms with E-state index in [0.717, 1.165) is 33.7 Å². The second kappa shape index (κ2) is 7.71. The lowest BCUT2D eigenvalue weighted by Gasteiger charge is -2.19. The number of rotatable bonds is 5. The molecule has 5 aromatic rings. The molecule has 7 nitrogen and oxygen atoms in total. The lowest BCUT2D eigenvalue weighted by atomic mass is 10.1. The summed E-state index contributed by atoms with van der Waals surface area (Å²) in [7, 11) is 0. The van der Waals surface area contributed by atoms with Crippen LogP contribution < -0.4 is 5.32 Å². The van der Waals surface area contributed by atoms with Gasteiger partial charge in [-0.2, -0.15) is 5.10 Å². The minimum Gasteiger partial charge on any atom is -0.355 e. The molecular formula is C23H19N7. The minimum absolute atomic E-state index is 0.264. The lowest BCUT2D eigenvalue weighted by molar-refractivity contribution is 0.831. The van der Waals surface area contributed by atoms with Crippen LogP contribution in [0.5, 0.6) is 0 Å². The zero-order chi connectivity index (χ0) is 20.3. The van der Waals surface area contributed by atoms with Crippen LogP contribution in [-0.2, 0) is 0 Å². The number of aromatic nitrogens is 6. The molecule has 2 N–H and O–H groups in total. The molecule has 2 aromatic carbocycles. The van der Waals surface area contributed by atoms with E-state index in [4.69, 9.17) is 9.97 Å². The second-order valence-corrected chi connectivity index (χ2v) is 6.92. The zero-order valence-electron chi connectivity index (χ0n) is 16.3. The topological polar surface area (TPSA) is 92.3 Å². The number of H-pyrrole nitrogens is 1. The highest BCUT2D eigenvalue weighted by Gasteiger charge is 2.21. The van der Waals surface area contributed by atoms with Crippen LogP contribution in [0, 0.1) is 6.92 Å². The molecule has 0 aliphatic carbocycles. The number of pyridine rings is 1. The third kappa shape index (κ3) is 3.48. The van der Waals surface area contributed by atoms with Crippen LogP contribution in [0.1, 0.15) is 23.3 Å². The van der Waals surface area contributed by atoms with Gasteiger partial charge in [-0.15, -0.1) is 0 Å². The largest absolute Gasteiger partial charge is 0.355 e. The van der Waals surface area contributed by atoms with E-state index in [9.17, 15) is 0 Å². The molecule has 1 unspecified atom stereocenters. The van der Waals surface area contributed by atoms with Crippen molar-refractivity contribution in [3.8, 4) is 11.4 Å². The maximum Gasteiger partial charge on any atom is 0.177 e. The number of nitrogens with one attached hydrogen (secondary N) is 2. The maximum absolute atomic E-state index is 4.85. The monoisotopic (exact) mass is 393 g/mol. The summed E-state index contributed by atoms with van der Waals surface area (Å²) in [6.07, 6.45) is 3.48. The molecule has 3 aromatic heterocycles. The number of hydrogen-bond donors (Lipinski definition) is 2. The van der Waals surface area contributed by atoms with Gasteiger partial charge in [0.25, 0.3) is 0 Å². The first-order valence-electron chi connectivity index (χ1n) is 9.65. The number of hydrogen-bond acceptors (Lipinski definition) is 6. The van der Waals surface area contributed by atoms with E-state index in [1.165, 1.54) is 0 Å². The Hall–Kier alpha value is -4.13. The Labute approximate surface area is 173 Å². The summed E-state index contributed by atoms with van der Waals surface area (Å²) in [6, 6.07) is 21.6. The molecule has 0 spiro atoms. The lowest BCUT2D eigenvalue weighted by Crippen LogP contribution is -2.16. The van der Waals surface area contributed by atoms with Crippen molar-refractivity contribution in [2.24, 2.45) is 0 Å². The van der Waals surface area contributed by atoms with E-state index >= 15 is 0 Å². The summed E-state index contributed by atoms with van der Waals surface area (Å²) in [5.74, 6) is 2.78. The van der Waals surface area contributed by atoms with Crippen molar-refractivity contribution < 1.29 is 0 Å². The van der Waals surface area contributed by atoms with Gasteiger partial charge in [-0.1, -0.05) is 42.5 Å². The van der Waals surface area contributed by atoms with Crippen LogP contribution in [0.4, 0.5) is 5.82 Å². The van der Waals surface area contributed by atoms with Crippen molar-refractivity contribution in [3.05, 3.63) is 96.3 Å². The number of aromatic amines is 1. The van der Waals surface area contributed by atoms with Gasteiger partial charge < -0.3 is 5.32 Å². The van der Waals surface area contributed by atoms with Gasteiger partial charge in [-0.25, -0.2) is 15.0 Å². The van der Waals surface area contributed by atoms with Gasteiger partial charge in [0.2, 0.25) is 0 Å². The van der Waals surface area contributed by atoms with Crippen LogP contribution in [0.2, 0.25) is 0 Å². The smallest absolute Gasteiger partial charge is 0.177 e. The highest BCUT2D eigenvalue weighted by Crippen LogP contribution is 2.29. The molecule has 3 heterocycles. The van der Waals surface area contributed by atoms with E-state index in [1.54, 1.807) is 12.4 Å². The highest BCUT2D eigenvalue weighted by molar-refractivity contribution is 5.90. The summed E-state index contributed by atoms with van der Waals surface area (Å²) in [4.78, 5) is 18.3. The molecule has 0 saturated heterocycles. The number of anilines is 1. The van der Waals surface area contributed by atoms with Crippen LogP contribution in [0.15, 0.2) is 79.1 Å². The molecule has 0 aliphatic heterocycles. The minimum atomic E-state index is -0.264. The zero-order valence-corrected chi connectivity index (χ0v) is 16.3. The third-order valence-corrected chi connectivity index (χ3v) is 4.83. The molecule has 30 heavy (non-hydrogen) atoms. The molecule has 1 atom stereocenters. The van der Waals surface area contributed by atoms with E-state index in [0.29, 0.717) is 11.6 Å². The third-order valence-electron chi connectivity index (χ3n) is 4.83. The first-order valence-corrected chi connectivity index (χ1v) is 9.65. The molecule has 0 aliphatic rings. The summed E-state index contributed by atoms with van der Waals surface area (Å²) >= 11 is 0. The summed E-state index contributed by atoms with van der Waals surface area (Å²) in [6.45, 7) is 1.89. The van der Waals surface area contributed by atoms with Gasteiger partial charge in [0.05, 0.1) is 5.52 Å². The fraction of sp³-hybridized carbons (Fsp3) is 0.0870. The van der Waals surface area contributed by atoms with Crippen LogP contribution in [0.3, 0.4) is 0 Å². The average Bonchev–Trinajstić information content (AvgIpc) is 3.24. The predicted octanol–water partition coefficient (Wildman–Crippen LogP) is 4.32. The molecule has 0 radical (unpaired) electrons. The Morgan fingerprint density at radius 1 is 0.833 bits per heavy atom. The number of nitrogens with zero attached hydrogens (tertiary/aromatic N) is 5. The van der Waals surface area contributed by atoms with Crippen LogP contribution in [0.25, 0.3) is 22.3 Å².